The van der Waals surface area contributed by atoms with Crippen LogP contribution in [0.1, 0.15) is 37.8 Å². The second-order valence-electron chi connectivity index (χ2n) is 6.67. The van der Waals surface area contributed by atoms with Crippen molar-refractivity contribution >= 4 is 38.3 Å². The predicted molar refractivity (Wildman–Crippen MR) is 107 cm³/mol. The second kappa shape index (κ2) is 8.05. The Hall–Kier alpha value is -2.19. The van der Waals surface area contributed by atoms with Crippen LogP contribution in [0.4, 0.5) is 14.5 Å². The van der Waals surface area contributed by atoms with Gasteiger partial charge < -0.3 is 4.98 Å². The fraction of sp³-hybridized carbons (Fsp3) is 0.316. The predicted octanol–water partition coefficient (Wildman–Crippen LogP) is 5.02. The molecule has 0 saturated carbocycles. The first-order valence-corrected chi connectivity index (χ1v) is 10.8. The van der Waals surface area contributed by atoms with E-state index in [1.165, 1.54) is 6.20 Å². The van der Waals surface area contributed by atoms with Crippen LogP contribution in [0.5, 0.6) is 0 Å². The molecule has 2 N–H and O–H groups in total. The Morgan fingerprint density at radius 2 is 2.07 bits per heavy atom. The standard InChI is InChI=1S/C19H20ClF2N3O2S/c1-3-4-11(2)28(26,27)25-17-6-5-16(21)15(18(17)22)7-12-9-23-19-14(12)8-13(20)10-24-19/h5-6,8-11,25H,3-4,7H2,1-2H3,(H,23,24). The van der Waals surface area contributed by atoms with Gasteiger partial charge in [-0.05, 0) is 37.1 Å². The number of aromatic nitrogens is 2. The van der Waals surface area contributed by atoms with Gasteiger partial charge >= 0.3 is 0 Å². The monoisotopic (exact) mass is 427 g/mol. The lowest BCUT2D eigenvalue weighted by Crippen LogP contribution is -2.25. The van der Waals surface area contributed by atoms with Crippen LogP contribution in [0.2, 0.25) is 5.02 Å². The van der Waals surface area contributed by atoms with Crippen molar-refractivity contribution in [2.75, 3.05) is 4.72 Å². The Morgan fingerprint density at radius 3 is 2.79 bits per heavy atom. The van der Waals surface area contributed by atoms with E-state index in [1.54, 1.807) is 19.2 Å². The van der Waals surface area contributed by atoms with Crippen molar-refractivity contribution in [3.05, 3.63) is 58.4 Å². The number of pyridine rings is 1. The highest BCUT2D eigenvalue weighted by Gasteiger charge is 2.23. The van der Waals surface area contributed by atoms with Crippen molar-refractivity contribution in [3.63, 3.8) is 0 Å². The first-order chi connectivity index (χ1) is 13.2. The number of halogens is 3. The summed E-state index contributed by atoms with van der Waals surface area (Å²) >= 11 is 5.96. The van der Waals surface area contributed by atoms with Crippen LogP contribution in [0.3, 0.4) is 0 Å². The third-order valence-corrected chi connectivity index (χ3v) is 6.62. The first kappa shape index (κ1) is 20.5. The molecule has 0 aliphatic carbocycles. The quantitative estimate of drug-likeness (QED) is 0.556. The Bertz CT molecular complexity index is 1120. The molecule has 0 spiro atoms. The molecule has 0 fully saturated rings. The number of aromatic amines is 1. The smallest absolute Gasteiger partial charge is 0.235 e. The van der Waals surface area contributed by atoms with Crippen molar-refractivity contribution in [2.24, 2.45) is 0 Å². The molecule has 0 bridgehead atoms. The fourth-order valence-electron chi connectivity index (χ4n) is 3.02. The topological polar surface area (TPSA) is 74.8 Å². The minimum Gasteiger partial charge on any atom is -0.346 e. The highest BCUT2D eigenvalue weighted by atomic mass is 35.5. The maximum atomic E-state index is 15.0. The molecular weight excluding hydrogens is 408 g/mol. The molecule has 3 rings (SSSR count). The van der Waals surface area contributed by atoms with Crippen LogP contribution in [0.15, 0.2) is 30.6 Å². The molecule has 0 aliphatic rings. The van der Waals surface area contributed by atoms with Gasteiger partial charge in [0.25, 0.3) is 0 Å². The molecule has 0 radical (unpaired) electrons. The summed E-state index contributed by atoms with van der Waals surface area (Å²) in [5.74, 6) is -1.69. The van der Waals surface area contributed by atoms with Crippen LogP contribution in [-0.4, -0.2) is 23.6 Å². The summed E-state index contributed by atoms with van der Waals surface area (Å²) in [6.45, 7) is 3.42. The van der Waals surface area contributed by atoms with Crippen LogP contribution < -0.4 is 4.72 Å². The summed E-state index contributed by atoms with van der Waals surface area (Å²) in [6.07, 6.45) is 4.11. The van der Waals surface area contributed by atoms with Gasteiger partial charge in [-0.2, -0.15) is 0 Å². The summed E-state index contributed by atoms with van der Waals surface area (Å²) in [4.78, 5) is 7.05. The molecule has 1 atom stereocenters. The molecular formula is C19H20ClF2N3O2S. The van der Waals surface area contributed by atoms with Gasteiger partial charge in [-0.1, -0.05) is 24.9 Å². The Morgan fingerprint density at radius 1 is 1.32 bits per heavy atom. The molecule has 9 heteroatoms. The first-order valence-electron chi connectivity index (χ1n) is 8.83. The van der Waals surface area contributed by atoms with Crippen molar-refractivity contribution < 1.29 is 17.2 Å². The number of rotatable bonds is 7. The third kappa shape index (κ3) is 4.12. The van der Waals surface area contributed by atoms with Crippen LogP contribution in [0.25, 0.3) is 11.0 Å². The molecule has 150 valence electrons. The van der Waals surface area contributed by atoms with Gasteiger partial charge in [0.05, 0.1) is 16.0 Å². The molecule has 3 aromatic rings. The lowest BCUT2D eigenvalue weighted by atomic mass is 10.0. The second-order valence-corrected chi connectivity index (χ2v) is 9.21. The summed E-state index contributed by atoms with van der Waals surface area (Å²) in [5.41, 5.74) is 0.646. The number of H-pyrrole nitrogens is 1. The summed E-state index contributed by atoms with van der Waals surface area (Å²) < 4.78 is 56.3. The van der Waals surface area contributed by atoms with Crippen molar-refractivity contribution in [1.29, 1.82) is 0 Å². The third-order valence-electron chi connectivity index (χ3n) is 4.61. The van der Waals surface area contributed by atoms with Crippen LogP contribution >= 0.6 is 11.6 Å². The molecule has 1 aromatic carbocycles. The molecule has 2 aromatic heterocycles. The Labute approximate surface area is 167 Å². The number of hydrogen-bond donors (Lipinski definition) is 2. The maximum absolute atomic E-state index is 15.0. The normalized spacial score (nSPS) is 13.0. The van der Waals surface area contributed by atoms with Crippen LogP contribution in [0, 0.1) is 11.6 Å². The SMILES string of the molecule is CCCC(C)S(=O)(=O)Nc1ccc(F)c(Cc2c[nH]c3ncc(Cl)cc23)c1F. The molecule has 0 saturated heterocycles. The van der Waals surface area contributed by atoms with E-state index in [9.17, 15) is 17.2 Å². The van der Waals surface area contributed by atoms with E-state index in [4.69, 9.17) is 11.6 Å². The molecule has 1 unspecified atom stereocenters. The van der Waals surface area contributed by atoms with E-state index in [0.29, 0.717) is 34.5 Å². The largest absolute Gasteiger partial charge is 0.346 e. The number of nitrogens with one attached hydrogen (secondary N) is 2. The zero-order valence-electron chi connectivity index (χ0n) is 15.4. The summed E-state index contributed by atoms with van der Waals surface area (Å²) in [5, 5.41) is 0.363. The van der Waals surface area contributed by atoms with E-state index in [-0.39, 0.29) is 17.7 Å². The molecule has 0 aliphatic heterocycles. The van der Waals surface area contributed by atoms with E-state index >= 15 is 0 Å². The van der Waals surface area contributed by atoms with Gasteiger partial charge in [0, 0.05) is 29.8 Å². The average molecular weight is 428 g/mol. The minimum atomic E-state index is -3.78. The molecule has 2 heterocycles. The molecule has 5 nitrogen and oxygen atoms in total. The van der Waals surface area contributed by atoms with E-state index in [1.807, 2.05) is 6.92 Å². The number of nitrogens with zero attached hydrogens (tertiary/aromatic N) is 1. The van der Waals surface area contributed by atoms with E-state index < -0.39 is 26.9 Å². The minimum absolute atomic E-state index is 0.0836. The zero-order chi connectivity index (χ0) is 20.5. The zero-order valence-corrected chi connectivity index (χ0v) is 17.0. The molecule has 0 amide bonds. The van der Waals surface area contributed by atoms with Crippen molar-refractivity contribution in [1.82, 2.24) is 9.97 Å². The Balaban J connectivity index is 1.96. The number of sulfonamides is 1. The van der Waals surface area contributed by atoms with Gasteiger partial charge in [-0.3, -0.25) is 4.72 Å². The lowest BCUT2D eigenvalue weighted by molar-refractivity contribution is 0.561. The van der Waals surface area contributed by atoms with Gasteiger partial charge in [0.2, 0.25) is 10.0 Å². The number of anilines is 1. The van der Waals surface area contributed by atoms with E-state index in [0.717, 1.165) is 12.1 Å². The fourth-order valence-corrected chi connectivity index (χ4v) is 4.39. The van der Waals surface area contributed by atoms with Gasteiger partial charge in [0.1, 0.15) is 11.5 Å². The highest BCUT2D eigenvalue weighted by Crippen LogP contribution is 2.28. The number of fused-ring (bicyclic) bond motifs is 1. The van der Waals surface area contributed by atoms with Crippen LogP contribution in [-0.2, 0) is 16.4 Å². The van der Waals surface area contributed by atoms with Gasteiger partial charge in [-0.15, -0.1) is 0 Å². The average Bonchev–Trinajstić information content (AvgIpc) is 3.03. The molecule has 28 heavy (non-hydrogen) atoms. The van der Waals surface area contributed by atoms with Crippen molar-refractivity contribution in [3.8, 4) is 0 Å². The number of hydrogen-bond acceptors (Lipinski definition) is 3. The highest BCUT2D eigenvalue weighted by molar-refractivity contribution is 7.93. The van der Waals surface area contributed by atoms with Gasteiger partial charge in [0.15, 0.2) is 5.82 Å². The van der Waals surface area contributed by atoms with Gasteiger partial charge in [-0.25, -0.2) is 22.2 Å². The summed E-state index contributed by atoms with van der Waals surface area (Å²) in [7, 11) is -3.78. The van der Waals surface area contributed by atoms with Crippen molar-refractivity contribution in [2.45, 2.75) is 38.4 Å². The lowest BCUT2D eigenvalue weighted by Gasteiger charge is -2.16. The number of benzene rings is 1. The maximum Gasteiger partial charge on any atom is 0.235 e. The summed E-state index contributed by atoms with van der Waals surface area (Å²) in [6, 6.07) is 3.81. The Kier molecular flexibility index (Phi) is 5.90. The van der Waals surface area contributed by atoms with E-state index in [2.05, 4.69) is 14.7 Å².